The third kappa shape index (κ3) is 1.73. The summed E-state index contributed by atoms with van der Waals surface area (Å²) < 4.78 is 45.6. The summed E-state index contributed by atoms with van der Waals surface area (Å²) in [6.45, 7) is 0. The van der Waals surface area contributed by atoms with Gasteiger partial charge in [0.25, 0.3) is 0 Å². The van der Waals surface area contributed by atoms with Crippen LogP contribution in [0.3, 0.4) is 0 Å². The molecular formula is C14H10F3NO. The number of anilines is 1. The summed E-state index contributed by atoms with van der Waals surface area (Å²) in [7, 11) is 0. The maximum Gasteiger partial charge on any atom is 0.453 e. The van der Waals surface area contributed by atoms with E-state index in [4.69, 9.17) is 4.74 Å². The molecule has 5 heteroatoms. The first kappa shape index (κ1) is 11.9. The van der Waals surface area contributed by atoms with Crippen LogP contribution in [0.5, 0.6) is 5.75 Å². The lowest BCUT2D eigenvalue weighted by atomic mass is 10.0. The van der Waals surface area contributed by atoms with Crippen LogP contribution in [0.4, 0.5) is 18.9 Å². The molecule has 19 heavy (non-hydrogen) atoms. The van der Waals surface area contributed by atoms with Gasteiger partial charge in [0, 0.05) is 5.56 Å². The van der Waals surface area contributed by atoms with Crippen molar-refractivity contribution in [1.82, 2.24) is 0 Å². The van der Waals surface area contributed by atoms with E-state index in [1.165, 1.54) is 18.2 Å². The Bertz CT molecular complexity index is 570. The van der Waals surface area contributed by atoms with Gasteiger partial charge in [-0.3, -0.25) is 0 Å². The molecule has 2 aromatic carbocycles. The average molecular weight is 265 g/mol. The van der Waals surface area contributed by atoms with Crippen LogP contribution in [-0.2, 0) is 5.72 Å². The van der Waals surface area contributed by atoms with Crippen molar-refractivity contribution in [2.45, 2.75) is 11.9 Å². The van der Waals surface area contributed by atoms with E-state index in [0.29, 0.717) is 5.69 Å². The van der Waals surface area contributed by atoms with Crippen molar-refractivity contribution in [2.75, 3.05) is 5.32 Å². The molecule has 1 atom stereocenters. The second-order valence-corrected chi connectivity index (χ2v) is 4.27. The summed E-state index contributed by atoms with van der Waals surface area (Å²) in [5.41, 5.74) is -2.15. The van der Waals surface area contributed by atoms with Gasteiger partial charge in [-0.25, -0.2) is 0 Å². The van der Waals surface area contributed by atoms with Gasteiger partial charge in [0.15, 0.2) is 0 Å². The van der Waals surface area contributed by atoms with Crippen molar-refractivity contribution in [3.05, 3.63) is 60.2 Å². The molecule has 0 spiro atoms. The van der Waals surface area contributed by atoms with Crippen molar-refractivity contribution < 1.29 is 17.9 Å². The van der Waals surface area contributed by atoms with Crippen LogP contribution in [-0.4, -0.2) is 6.18 Å². The molecule has 0 saturated carbocycles. The summed E-state index contributed by atoms with van der Waals surface area (Å²) in [5, 5.41) is 2.46. The zero-order valence-corrected chi connectivity index (χ0v) is 9.74. The van der Waals surface area contributed by atoms with Crippen LogP contribution in [0.2, 0.25) is 0 Å². The van der Waals surface area contributed by atoms with E-state index < -0.39 is 11.9 Å². The number of rotatable bonds is 1. The van der Waals surface area contributed by atoms with E-state index in [2.05, 4.69) is 5.32 Å². The molecule has 0 amide bonds. The van der Waals surface area contributed by atoms with Crippen LogP contribution in [0.15, 0.2) is 54.6 Å². The number of benzene rings is 2. The van der Waals surface area contributed by atoms with Crippen molar-refractivity contribution in [3.8, 4) is 5.75 Å². The second-order valence-electron chi connectivity index (χ2n) is 4.27. The fraction of sp³-hybridized carbons (Fsp3) is 0.143. The van der Waals surface area contributed by atoms with E-state index in [-0.39, 0.29) is 11.3 Å². The van der Waals surface area contributed by atoms with Gasteiger partial charge in [0.05, 0.1) is 5.69 Å². The molecule has 0 aliphatic carbocycles. The Balaban J connectivity index is 2.13. The van der Waals surface area contributed by atoms with Gasteiger partial charge in [0.1, 0.15) is 5.75 Å². The molecule has 0 fully saturated rings. The highest BCUT2D eigenvalue weighted by Crippen LogP contribution is 2.49. The van der Waals surface area contributed by atoms with Gasteiger partial charge in [-0.1, -0.05) is 42.5 Å². The lowest BCUT2D eigenvalue weighted by molar-refractivity contribution is -0.238. The maximum atomic E-state index is 13.5. The van der Waals surface area contributed by atoms with Crippen LogP contribution in [0.25, 0.3) is 0 Å². The predicted octanol–water partition coefficient (Wildman–Crippen LogP) is 3.91. The summed E-state index contributed by atoms with van der Waals surface area (Å²) in [6, 6.07) is 13.9. The highest BCUT2D eigenvalue weighted by molar-refractivity contribution is 5.63. The third-order valence-corrected chi connectivity index (χ3v) is 3.04. The Morgan fingerprint density at radius 1 is 0.895 bits per heavy atom. The Morgan fingerprint density at radius 2 is 1.53 bits per heavy atom. The highest BCUT2D eigenvalue weighted by Gasteiger charge is 2.62. The lowest BCUT2D eigenvalue weighted by Crippen LogP contribution is -2.50. The summed E-state index contributed by atoms with van der Waals surface area (Å²) >= 11 is 0. The fourth-order valence-corrected chi connectivity index (χ4v) is 2.14. The first-order valence-electron chi connectivity index (χ1n) is 5.71. The normalized spacial score (nSPS) is 21.4. The van der Waals surface area contributed by atoms with Crippen LogP contribution in [0.1, 0.15) is 5.56 Å². The topological polar surface area (TPSA) is 21.3 Å². The molecule has 2 nitrogen and oxygen atoms in total. The molecule has 0 aromatic heterocycles. The number of ether oxygens (including phenoxy) is 1. The lowest BCUT2D eigenvalue weighted by Gasteiger charge is -2.31. The van der Waals surface area contributed by atoms with E-state index in [9.17, 15) is 13.2 Å². The average Bonchev–Trinajstić information content (AvgIpc) is 2.80. The molecule has 0 bridgehead atoms. The second kappa shape index (κ2) is 3.91. The van der Waals surface area contributed by atoms with Crippen LogP contribution < -0.4 is 10.1 Å². The van der Waals surface area contributed by atoms with Crippen LogP contribution in [0, 0.1) is 0 Å². The van der Waals surface area contributed by atoms with E-state index in [0.717, 1.165) is 0 Å². The zero-order chi connectivity index (χ0) is 13.5. The Kier molecular flexibility index (Phi) is 2.45. The van der Waals surface area contributed by atoms with Gasteiger partial charge >= 0.3 is 11.9 Å². The molecule has 1 heterocycles. The molecule has 3 rings (SSSR count). The molecule has 98 valence electrons. The van der Waals surface area contributed by atoms with Gasteiger partial charge in [-0.2, -0.15) is 13.2 Å². The van der Waals surface area contributed by atoms with Crippen molar-refractivity contribution >= 4 is 5.69 Å². The van der Waals surface area contributed by atoms with Gasteiger partial charge in [-0.05, 0) is 12.1 Å². The predicted molar refractivity (Wildman–Crippen MR) is 64.9 cm³/mol. The van der Waals surface area contributed by atoms with Gasteiger partial charge in [-0.15, -0.1) is 0 Å². The number of fused-ring (bicyclic) bond motifs is 1. The minimum Gasteiger partial charge on any atom is -0.452 e. The van der Waals surface area contributed by atoms with Crippen molar-refractivity contribution in [1.29, 1.82) is 0 Å². The smallest absolute Gasteiger partial charge is 0.452 e. The van der Waals surface area contributed by atoms with Crippen molar-refractivity contribution in [2.24, 2.45) is 0 Å². The minimum absolute atomic E-state index is 0.0266. The van der Waals surface area contributed by atoms with Gasteiger partial charge < -0.3 is 10.1 Å². The first-order valence-corrected chi connectivity index (χ1v) is 5.71. The highest BCUT2D eigenvalue weighted by atomic mass is 19.4. The molecule has 0 saturated heterocycles. The Hall–Kier alpha value is -2.17. The largest absolute Gasteiger partial charge is 0.453 e. The number of alkyl halides is 3. The summed E-state index contributed by atoms with van der Waals surface area (Å²) in [6.07, 6.45) is -4.58. The number of hydrogen-bond acceptors (Lipinski definition) is 2. The molecule has 1 aliphatic rings. The summed E-state index contributed by atoms with van der Waals surface area (Å²) in [5.74, 6) is 0.198. The van der Waals surface area contributed by atoms with E-state index in [1.54, 1.807) is 36.4 Å². The van der Waals surface area contributed by atoms with E-state index >= 15 is 0 Å². The number of nitrogens with one attached hydrogen (secondary N) is 1. The molecule has 1 aliphatic heterocycles. The number of halogens is 3. The number of hydrogen-bond donors (Lipinski definition) is 1. The summed E-state index contributed by atoms with van der Waals surface area (Å²) in [4.78, 5) is 0. The fourth-order valence-electron chi connectivity index (χ4n) is 2.14. The molecular weight excluding hydrogens is 255 g/mol. The van der Waals surface area contributed by atoms with Gasteiger partial charge in [0.2, 0.25) is 0 Å². The van der Waals surface area contributed by atoms with Crippen LogP contribution >= 0.6 is 0 Å². The van der Waals surface area contributed by atoms with Crippen molar-refractivity contribution in [3.63, 3.8) is 0 Å². The monoisotopic (exact) mass is 265 g/mol. The minimum atomic E-state index is -4.58. The molecule has 0 radical (unpaired) electrons. The molecule has 1 unspecified atom stereocenters. The first-order chi connectivity index (χ1) is 9.03. The van der Waals surface area contributed by atoms with E-state index in [1.807, 2.05) is 0 Å². The maximum absolute atomic E-state index is 13.5. The third-order valence-electron chi connectivity index (χ3n) is 3.04. The quantitative estimate of drug-likeness (QED) is 0.844. The Labute approximate surface area is 107 Å². The molecule has 1 N–H and O–H groups in total. The zero-order valence-electron chi connectivity index (χ0n) is 9.74. The standard InChI is InChI=1S/C14H10F3NO/c15-14(16,17)13(10-6-2-1-3-7-10)18-11-8-4-5-9-12(11)19-13/h1-9,18H. The SMILES string of the molecule is FC(F)(F)C1(c2ccccc2)Nc2ccccc2O1. The number of para-hydroxylation sites is 2. The Morgan fingerprint density at radius 3 is 2.16 bits per heavy atom. The molecule has 2 aromatic rings.